The molecule has 0 spiro atoms. The summed E-state index contributed by atoms with van der Waals surface area (Å²) in [6.45, 7) is 4.23. The normalized spacial score (nSPS) is 13.3. The Bertz CT molecular complexity index is 1480. The molecular formula is C30H26N4O. The molecule has 4 heterocycles. The SMILES string of the molecule is Cc1cccn2ncc(C(OC(c3ccccc3)c3cnn4cccc(C)c34)c3ccccc3)c12. The van der Waals surface area contributed by atoms with Crippen molar-refractivity contribution in [2.75, 3.05) is 0 Å². The topological polar surface area (TPSA) is 43.8 Å². The third kappa shape index (κ3) is 3.80. The van der Waals surface area contributed by atoms with Gasteiger partial charge in [-0.05, 0) is 48.2 Å². The van der Waals surface area contributed by atoms with Crippen LogP contribution < -0.4 is 0 Å². The van der Waals surface area contributed by atoms with E-state index in [1.807, 2.05) is 58.1 Å². The van der Waals surface area contributed by atoms with Crippen LogP contribution in [0.3, 0.4) is 0 Å². The van der Waals surface area contributed by atoms with Crippen molar-refractivity contribution >= 4 is 11.0 Å². The smallest absolute Gasteiger partial charge is 0.112 e. The van der Waals surface area contributed by atoms with Gasteiger partial charge in [-0.2, -0.15) is 10.2 Å². The van der Waals surface area contributed by atoms with E-state index >= 15 is 0 Å². The molecule has 0 amide bonds. The summed E-state index contributed by atoms with van der Waals surface area (Å²) in [7, 11) is 0. The van der Waals surface area contributed by atoms with Crippen molar-refractivity contribution in [3.8, 4) is 0 Å². The summed E-state index contributed by atoms with van der Waals surface area (Å²) in [5.41, 5.74) is 8.72. The Balaban J connectivity index is 1.55. The highest BCUT2D eigenvalue weighted by Crippen LogP contribution is 2.39. The quantitative estimate of drug-likeness (QED) is 0.286. The summed E-state index contributed by atoms with van der Waals surface area (Å²) >= 11 is 0. The highest BCUT2D eigenvalue weighted by molar-refractivity contribution is 5.64. The molecule has 5 nitrogen and oxygen atoms in total. The van der Waals surface area contributed by atoms with Gasteiger partial charge in [0.05, 0.1) is 23.4 Å². The zero-order valence-corrected chi connectivity index (χ0v) is 19.7. The highest BCUT2D eigenvalue weighted by Gasteiger charge is 2.28. The van der Waals surface area contributed by atoms with Gasteiger partial charge in [0.1, 0.15) is 12.2 Å². The average Bonchev–Trinajstić information content (AvgIpc) is 3.52. The second-order valence-electron chi connectivity index (χ2n) is 8.89. The molecule has 5 heteroatoms. The molecule has 0 aliphatic carbocycles. The van der Waals surface area contributed by atoms with Crippen molar-refractivity contribution in [1.29, 1.82) is 0 Å². The molecule has 0 saturated carbocycles. The number of hydrogen-bond acceptors (Lipinski definition) is 3. The summed E-state index contributed by atoms with van der Waals surface area (Å²) in [6, 6.07) is 29.1. The first kappa shape index (κ1) is 21.3. The zero-order valence-electron chi connectivity index (χ0n) is 19.7. The van der Waals surface area contributed by atoms with Gasteiger partial charge in [0.25, 0.3) is 0 Å². The van der Waals surface area contributed by atoms with Crippen molar-refractivity contribution in [2.24, 2.45) is 0 Å². The molecule has 0 fully saturated rings. The Hall–Kier alpha value is -4.22. The Morgan fingerprint density at radius 3 is 1.43 bits per heavy atom. The van der Waals surface area contributed by atoms with Crippen molar-refractivity contribution in [1.82, 2.24) is 19.2 Å². The van der Waals surface area contributed by atoms with Gasteiger partial charge in [-0.15, -0.1) is 0 Å². The van der Waals surface area contributed by atoms with E-state index in [0.717, 1.165) is 44.4 Å². The van der Waals surface area contributed by atoms with E-state index in [2.05, 4.69) is 84.7 Å². The minimum Gasteiger partial charge on any atom is -0.356 e. The average molecular weight is 459 g/mol. The van der Waals surface area contributed by atoms with Crippen LogP contribution in [0.4, 0.5) is 0 Å². The first-order valence-corrected chi connectivity index (χ1v) is 11.8. The molecule has 0 aliphatic heterocycles. The van der Waals surface area contributed by atoms with Gasteiger partial charge >= 0.3 is 0 Å². The molecular weight excluding hydrogens is 432 g/mol. The monoisotopic (exact) mass is 458 g/mol. The lowest BCUT2D eigenvalue weighted by molar-refractivity contribution is 0.0323. The number of aryl methyl sites for hydroxylation is 2. The second-order valence-corrected chi connectivity index (χ2v) is 8.89. The fraction of sp³-hybridized carbons (Fsp3) is 0.133. The van der Waals surface area contributed by atoms with Gasteiger partial charge in [-0.3, -0.25) is 0 Å². The third-order valence-electron chi connectivity index (χ3n) is 6.58. The molecule has 0 N–H and O–H groups in total. The fourth-order valence-corrected chi connectivity index (χ4v) is 4.93. The summed E-state index contributed by atoms with van der Waals surface area (Å²) in [5.74, 6) is 0. The van der Waals surface area contributed by atoms with Crippen molar-refractivity contribution < 1.29 is 4.74 Å². The predicted molar refractivity (Wildman–Crippen MR) is 138 cm³/mol. The molecule has 0 aliphatic rings. The van der Waals surface area contributed by atoms with E-state index in [1.165, 1.54) is 0 Å². The first-order chi connectivity index (χ1) is 17.2. The molecule has 0 bridgehead atoms. The van der Waals surface area contributed by atoms with Crippen LogP contribution in [0.2, 0.25) is 0 Å². The van der Waals surface area contributed by atoms with Gasteiger partial charge in [-0.1, -0.05) is 72.8 Å². The molecule has 2 atom stereocenters. The van der Waals surface area contributed by atoms with Crippen LogP contribution in [0.15, 0.2) is 110 Å². The van der Waals surface area contributed by atoms with E-state index < -0.39 is 0 Å². The molecule has 6 aromatic rings. The lowest BCUT2D eigenvalue weighted by Gasteiger charge is -2.26. The van der Waals surface area contributed by atoms with Crippen molar-refractivity contribution in [3.63, 3.8) is 0 Å². The summed E-state index contributed by atoms with van der Waals surface area (Å²) in [6.07, 6.45) is 7.19. The Morgan fingerprint density at radius 2 is 1.00 bits per heavy atom. The molecule has 6 rings (SSSR count). The van der Waals surface area contributed by atoms with E-state index in [4.69, 9.17) is 4.74 Å². The van der Waals surface area contributed by atoms with E-state index in [0.29, 0.717) is 0 Å². The van der Waals surface area contributed by atoms with Gasteiger partial charge in [0, 0.05) is 23.5 Å². The molecule has 172 valence electrons. The molecule has 35 heavy (non-hydrogen) atoms. The standard InChI is InChI=1S/C30H26N4O/c1-21-11-9-17-33-27(21)25(19-31-33)29(23-13-5-3-6-14-23)35-30(24-15-7-4-8-16-24)26-20-32-34-18-10-12-22(2)28(26)34/h3-20,29-30H,1-2H3. The van der Waals surface area contributed by atoms with Crippen molar-refractivity contribution in [3.05, 3.63) is 143 Å². The number of aromatic nitrogens is 4. The van der Waals surface area contributed by atoms with Gasteiger partial charge in [-0.25, -0.2) is 9.03 Å². The highest BCUT2D eigenvalue weighted by atomic mass is 16.5. The molecule has 0 saturated heterocycles. The number of hydrogen-bond donors (Lipinski definition) is 0. The lowest BCUT2D eigenvalue weighted by Crippen LogP contribution is -2.13. The maximum absolute atomic E-state index is 7.13. The van der Waals surface area contributed by atoms with Crippen LogP contribution in [0.1, 0.15) is 45.6 Å². The Kier molecular flexibility index (Phi) is 5.39. The van der Waals surface area contributed by atoms with Crippen LogP contribution in [-0.2, 0) is 4.74 Å². The number of fused-ring (bicyclic) bond motifs is 2. The van der Waals surface area contributed by atoms with Gasteiger partial charge < -0.3 is 4.74 Å². The van der Waals surface area contributed by atoms with Gasteiger partial charge in [0.2, 0.25) is 0 Å². The maximum Gasteiger partial charge on any atom is 0.112 e. The number of pyridine rings is 2. The lowest BCUT2D eigenvalue weighted by atomic mass is 9.97. The minimum absolute atomic E-state index is 0.320. The van der Waals surface area contributed by atoms with E-state index in [-0.39, 0.29) is 12.2 Å². The Morgan fingerprint density at radius 1 is 0.571 bits per heavy atom. The predicted octanol–water partition coefficient (Wildman–Crippen LogP) is 6.49. The van der Waals surface area contributed by atoms with Crippen LogP contribution >= 0.6 is 0 Å². The van der Waals surface area contributed by atoms with Crippen LogP contribution in [0.25, 0.3) is 11.0 Å². The van der Waals surface area contributed by atoms with Crippen LogP contribution in [0.5, 0.6) is 0 Å². The van der Waals surface area contributed by atoms with Crippen LogP contribution in [0, 0.1) is 13.8 Å². The second kappa shape index (κ2) is 8.85. The van der Waals surface area contributed by atoms with E-state index in [9.17, 15) is 0 Å². The first-order valence-electron chi connectivity index (χ1n) is 11.8. The molecule has 2 unspecified atom stereocenters. The number of rotatable bonds is 6. The molecule has 4 aromatic heterocycles. The summed E-state index contributed by atoms with van der Waals surface area (Å²) in [4.78, 5) is 0. The minimum atomic E-state index is -0.320. The third-order valence-corrected chi connectivity index (χ3v) is 6.58. The maximum atomic E-state index is 7.13. The van der Waals surface area contributed by atoms with Crippen molar-refractivity contribution in [2.45, 2.75) is 26.1 Å². The number of benzene rings is 2. The number of nitrogens with zero attached hydrogens (tertiary/aromatic N) is 4. The fourth-order valence-electron chi connectivity index (χ4n) is 4.93. The summed E-state index contributed by atoms with van der Waals surface area (Å²) < 4.78 is 11.0. The summed E-state index contributed by atoms with van der Waals surface area (Å²) in [5, 5.41) is 9.31. The van der Waals surface area contributed by atoms with Gasteiger partial charge in [0.15, 0.2) is 0 Å². The molecule has 0 radical (unpaired) electrons. The zero-order chi connectivity index (χ0) is 23.8. The van der Waals surface area contributed by atoms with E-state index in [1.54, 1.807) is 0 Å². The van der Waals surface area contributed by atoms with Crippen LogP contribution in [-0.4, -0.2) is 19.2 Å². The molecule has 2 aromatic carbocycles. The number of ether oxygens (including phenoxy) is 1. The Labute approximate surface area is 204 Å². The largest absolute Gasteiger partial charge is 0.356 e.